The van der Waals surface area contributed by atoms with Crippen molar-refractivity contribution in [3.8, 4) is 11.3 Å². The number of rotatable bonds is 9. The first kappa shape index (κ1) is 17.7. The Morgan fingerprint density at radius 2 is 1.96 bits per heavy atom. The predicted molar refractivity (Wildman–Crippen MR) is 98.3 cm³/mol. The zero-order valence-corrected chi connectivity index (χ0v) is 15.1. The minimum absolute atomic E-state index is 0.0833. The Balaban J connectivity index is 1.57. The molecule has 1 aromatic heterocycles. The first-order chi connectivity index (χ1) is 12.2. The molecule has 25 heavy (non-hydrogen) atoms. The van der Waals surface area contributed by atoms with Gasteiger partial charge in [0.25, 0.3) is 0 Å². The molecule has 1 aliphatic carbocycles. The molecule has 0 aliphatic heterocycles. The minimum Gasteiger partial charge on any atom is -0.356 e. The van der Waals surface area contributed by atoms with Crippen LogP contribution >= 0.6 is 0 Å². The molecule has 134 valence electrons. The van der Waals surface area contributed by atoms with Crippen LogP contribution in [0.15, 0.2) is 40.9 Å². The van der Waals surface area contributed by atoms with Gasteiger partial charge in [-0.1, -0.05) is 49.3 Å². The van der Waals surface area contributed by atoms with Crippen molar-refractivity contribution in [2.45, 2.75) is 38.5 Å². The lowest BCUT2D eigenvalue weighted by molar-refractivity contribution is -0.123. The number of hydrogen-bond donors (Lipinski definition) is 1. The van der Waals surface area contributed by atoms with E-state index in [0.717, 1.165) is 55.9 Å². The monoisotopic (exact) mass is 341 g/mol. The molecule has 0 atom stereocenters. The van der Waals surface area contributed by atoms with Gasteiger partial charge >= 0.3 is 0 Å². The van der Waals surface area contributed by atoms with Gasteiger partial charge < -0.3 is 14.7 Å². The Morgan fingerprint density at radius 1 is 1.24 bits per heavy atom. The van der Waals surface area contributed by atoms with E-state index in [1.54, 1.807) is 0 Å². The molecule has 1 aromatic carbocycles. The number of nitrogens with zero attached hydrogens (tertiary/aromatic N) is 2. The Hall–Kier alpha value is -2.14. The maximum atomic E-state index is 12.7. The van der Waals surface area contributed by atoms with Gasteiger partial charge in [-0.25, -0.2) is 0 Å². The van der Waals surface area contributed by atoms with Crippen molar-refractivity contribution in [1.29, 1.82) is 0 Å². The normalized spacial score (nSPS) is 15.3. The van der Waals surface area contributed by atoms with Crippen molar-refractivity contribution < 1.29 is 9.32 Å². The summed E-state index contributed by atoms with van der Waals surface area (Å²) < 4.78 is 5.48. The highest BCUT2D eigenvalue weighted by Crippen LogP contribution is 2.48. The molecule has 2 aromatic rings. The number of carbonyl (C=O) groups excluding carboxylic acids is 1. The standard InChI is InChI=1S/C20H27N3O2/c1-3-23(4-2)14-8-13-21-19(24)20(11-12-20)18-15-17(25-22-18)16-9-6-5-7-10-16/h5-7,9-10,15H,3-4,8,11-14H2,1-2H3,(H,21,24). The second-order valence-electron chi connectivity index (χ2n) is 6.66. The third-order valence-corrected chi connectivity index (χ3v) is 5.07. The second kappa shape index (κ2) is 7.83. The molecule has 5 heteroatoms. The summed E-state index contributed by atoms with van der Waals surface area (Å²) >= 11 is 0. The van der Waals surface area contributed by atoms with E-state index in [2.05, 4.69) is 29.2 Å². The molecule has 0 unspecified atom stereocenters. The van der Waals surface area contributed by atoms with Gasteiger partial charge in [-0.2, -0.15) is 0 Å². The van der Waals surface area contributed by atoms with Crippen LogP contribution in [0.25, 0.3) is 11.3 Å². The predicted octanol–water partition coefficient (Wildman–Crippen LogP) is 3.22. The van der Waals surface area contributed by atoms with Crippen molar-refractivity contribution in [1.82, 2.24) is 15.4 Å². The van der Waals surface area contributed by atoms with E-state index in [1.165, 1.54) is 0 Å². The molecular weight excluding hydrogens is 314 g/mol. The summed E-state index contributed by atoms with van der Waals surface area (Å²) in [6.07, 6.45) is 2.66. The average molecular weight is 341 g/mol. The van der Waals surface area contributed by atoms with Crippen molar-refractivity contribution in [2.75, 3.05) is 26.2 Å². The Bertz CT molecular complexity index is 688. The quantitative estimate of drug-likeness (QED) is 0.712. The molecule has 1 fully saturated rings. The highest BCUT2D eigenvalue weighted by Gasteiger charge is 2.53. The van der Waals surface area contributed by atoms with Gasteiger partial charge in [0.05, 0.1) is 11.1 Å². The number of nitrogens with one attached hydrogen (secondary N) is 1. The second-order valence-corrected chi connectivity index (χ2v) is 6.66. The fourth-order valence-electron chi connectivity index (χ4n) is 3.18. The van der Waals surface area contributed by atoms with Crippen LogP contribution in [0.1, 0.15) is 38.8 Å². The van der Waals surface area contributed by atoms with Crippen LogP contribution in [0.4, 0.5) is 0 Å². The molecule has 1 heterocycles. The van der Waals surface area contributed by atoms with Gasteiger partial charge in [-0.3, -0.25) is 4.79 Å². The largest absolute Gasteiger partial charge is 0.356 e. The van der Waals surface area contributed by atoms with Crippen molar-refractivity contribution in [3.05, 3.63) is 42.1 Å². The van der Waals surface area contributed by atoms with Gasteiger partial charge in [-0.05, 0) is 38.9 Å². The molecule has 1 aliphatic rings. The van der Waals surface area contributed by atoms with Crippen LogP contribution in [0, 0.1) is 0 Å². The number of benzene rings is 1. The van der Waals surface area contributed by atoms with Crippen molar-refractivity contribution in [2.24, 2.45) is 0 Å². The SMILES string of the molecule is CCN(CC)CCCNC(=O)C1(c2cc(-c3ccccc3)on2)CC1. The molecule has 3 rings (SSSR count). The number of amides is 1. The highest BCUT2D eigenvalue weighted by atomic mass is 16.5. The van der Waals surface area contributed by atoms with Gasteiger partial charge in [0.15, 0.2) is 5.76 Å². The summed E-state index contributed by atoms with van der Waals surface area (Å²) in [5.41, 5.74) is 1.26. The van der Waals surface area contributed by atoms with Crippen LogP contribution in [0.5, 0.6) is 0 Å². The van der Waals surface area contributed by atoms with Crippen LogP contribution < -0.4 is 5.32 Å². The van der Waals surface area contributed by atoms with Crippen LogP contribution in [-0.4, -0.2) is 42.1 Å². The van der Waals surface area contributed by atoms with E-state index in [1.807, 2.05) is 36.4 Å². The summed E-state index contributed by atoms with van der Waals surface area (Å²) in [5.74, 6) is 0.802. The van der Waals surface area contributed by atoms with E-state index >= 15 is 0 Å². The summed E-state index contributed by atoms with van der Waals surface area (Å²) in [5, 5.41) is 7.28. The van der Waals surface area contributed by atoms with Gasteiger partial charge in [0, 0.05) is 18.2 Å². The van der Waals surface area contributed by atoms with Crippen LogP contribution in [0.2, 0.25) is 0 Å². The number of hydrogen-bond acceptors (Lipinski definition) is 4. The van der Waals surface area contributed by atoms with E-state index in [4.69, 9.17) is 4.52 Å². The smallest absolute Gasteiger partial charge is 0.232 e. The molecular formula is C20H27N3O2. The number of aromatic nitrogens is 1. The van der Waals surface area contributed by atoms with Crippen LogP contribution in [-0.2, 0) is 10.2 Å². The molecule has 5 nitrogen and oxygen atoms in total. The molecule has 0 saturated heterocycles. The zero-order valence-electron chi connectivity index (χ0n) is 15.1. The minimum atomic E-state index is -0.480. The maximum Gasteiger partial charge on any atom is 0.232 e. The molecule has 0 spiro atoms. The summed E-state index contributed by atoms with van der Waals surface area (Å²) in [4.78, 5) is 15.0. The van der Waals surface area contributed by atoms with Crippen molar-refractivity contribution in [3.63, 3.8) is 0 Å². The van der Waals surface area contributed by atoms with E-state index in [0.29, 0.717) is 6.54 Å². The molecule has 1 amide bonds. The van der Waals surface area contributed by atoms with Crippen LogP contribution in [0.3, 0.4) is 0 Å². The van der Waals surface area contributed by atoms with Gasteiger partial charge in [0.2, 0.25) is 5.91 Å². The molecule has 0 bridgehead atoms. The third kappa shape index (κ3) is 3.93. The maximum absolute atomic E-state index is 12.7. The number of carbonyl (C=O) groups is 1. The van der Waals surface area contributed by atoms with Gasteiger partial charge in [0.1, 0.15) is 0 Å². The van der Waals surface area contributed by atoms with E-state index in [9.17, 15) is 4.79 Å². The lowest BCUT2D eigenvalue weighted by Gasteiger charge is -2.18. The van der Waals surface area contributed by atoms with Gasteiger partial charge in [-0.15, -0.1) is 0 Å². The first-order valence-electron chi connectivity index (χ1n) is 9.23. The Morgan fingerprint density at radius 3 is 2.60 bits per heavy atom. The zero-order chi connectivity index (χ0) is 17.7. The average Bonchev–Trinajstić information content (AvgIpc) is 3.32. The first-order valence-corrected chi connectivity index (χ1v) is 9.23. The lowest BCUT2D eigenvalue weighted by Crippen LogP contribution is -2.36. The molecule has 1 N–H and O–H groups in total. The van der Waals surface area contributed by atoms with E-state index < -0.39 is 5.41 Å². The fourth-order valence-corrected chi connectivity index (χ4v) is 3.18. The Labute approximate surface area is 149 Å². The Kier molecular flexibility index (Phi) is 5.53. The lowest BCUT2D eigenvalue weighted by atomic mass is 10.0. The fraction of sp³-hybridized carbons (Fsp3) is 0.500. The topological polar surface area (TPSA) is 58.4 Å². The molecule has 0 radical (unpaired) electrons. The summed E-state index contributed by atoms with van der Waals surface area (Å²) in [7, 11) is 0. The summed E-state index contributed by atoms with van der Waals surface area (Å²) in [6.45, 7) is 8.15. The van der Waals surface area contributed by atoms with Crippen molar-refractivity contribution >= 4 is 5.91 Å². The third-order valence-electron chi connectivity index (χ3n) is 5.07. The highest BCUT2D eigenvalue weighted by molar-refractivity contribution is 5.91. The van der Waals surface area contributed by atoms with E-state index in [-0.39, 0.29) is 5.91 Å². The summed E-state index contributed by atoms with van der Waals surface area (Å²) in [6, 6.07) is 11.8. The molecule has 1 saturated carbocycles.